The Hall–Kier alpha value is -1.82. The van der Waals surface area contributed by atoms with Gasteiger partial charge in [-0.25, -0.2) is 4.79 Å². The molecule has 0 unspecified atom stereocenters. The third kappa shape index (κ3) is 2.06. The number of rotatable bonds is 2. The number of nitrogens with one attached hydrogen (secondary N) is 1. The summed E-state index contributed by atoms with van der Waals surface area (Å²) < 4.78 is 0. The molecule has 0 fully saturated rings. The number of nitrogens with zero attached hydrogens (tertiary/aromatic N) is 2. The van der Waals surface area contributed by atoms with Gasteiger partial charge in [-0.3, -0.25) is 4.98 Å². The Labute approximate surface area is 96.1 Å². The van der Waals surface area contributed by atoms with E-state index in [9.17, 15) is 4.79 Å². The van der Waals surface area contributed by atoms with E-state index in [4.69, 9.17) is 5.73 Å². The minimum atomic E-state index is -0.488. The fourth-order valence-corrected chi connectivity index (χ4v) is 1.97. The molecule has 5 nitrogen and oxygen atoms in total. The number of nitrogens with two attached hydrogens (primary N) is 1. The standard InChI is InChI=1S/C10H10N4OS/c1-16-7-5-3-2-4-6(7)8-12-9(11)14-10(15)13-8/h2-5H,1H3,(H3,11,12,13,14,15). The third-order valence-electron chi connectivity index (χ3n) is 2.03. The molecule has 0 atom stereocenters. The van der Waals surface area contributed by atoms with Gasteiger partial charge >= 0.3 is 5.69 Å². The van der Waals surface area contributed by atoms with Gasteiger partial charge in [0.25, 0.3) is 0 Å². The molecule has 2 rings (SSSR count). The zero-order valence-electron chi connectivity index (χ0n) is 8.60. The first-order valence-corrected chi connectivity index (χ1v) is 5.80. The number of anilines is 1. The molecule has 0 aliphatic rings. The van der Waals surface area contributed by atoms with E-state index in [1.54, 1.807) is 11.8 Å². The number of hydrogen-bond donors (Lipinski definition) is 2. The topological polar surface area (TPSA) is 84.7 Å². The Balaban J connectivity index is 2.62. The molecule has 0 amide bonds. The summed E-state index contributed by atoms with van der Waals surface area (Å²) in [6.07, 6.45) is 1.96. The Bertz CT molecular complexity index is 567. The number of H-pyrrole nitrogens is 1. The number of aromatic amines is 1. The van der Waals surface area contributed by atoms with Gasteiger partial charge in [-0.1, -0.05) is 18.2 Å². The second kappa shape index (κ2) is 4.36. The van der Waals surface area contributed by atoms with E-state index in [1.807, 2.05) is 30.5 Å². The van der Waals surface area contributed by atoms with Crippen molar-refractivity contribution in [1.29, 1.82) is 0 Å². The van der Waals surface area contributed by atoms with Gasteiger partial charge < -0.3 is 5.73 Å². The van der Waals surface area contributed by atoms with Crippen molar-refractivity contribution in [2.24, 2.45) is 0 Å². The highest BCUT2D eigenvalue weighted by Gasteiger charge is 2.07. The quantitative estimate of drug-likeness (QED) is 0.761. The van der Waals surface area contributed by atoms with E-state index in [0.717, 1.165) is 10.5 Å². The van der Waals surface area contributed by atoms with Gasteiger partial charge in [-0.15, -0.1) is 11.8 Å². The van der Waals surface area contributed by atoms with Crippen molar-refractivity contribution in [2.45, 2.75) is 4.90 Å². The number of nitrogen functional groups attached to an aromatic ring is 1. The Morgan fingerprint density at radius 3 is 2.75 bits per heavy atom. The normalized spacial score (nSPS) is 10.3. The molecule has 82 valence electrons. The average Bonchev–Trinajstić information content (AvgIpc) is 2.27. The molecule has 6 heteroatoms. The second-order valence-corrected chi connectivity index (χ2v) is 3.91. The van der Waals surface area contributed by atoms with Crippen LogP contribution in [0, 0.1) is 0 Å². The fourth-order valence-electron chi connectivity index (χ4n) is 1.37. The van der Waals surface area contributed by atoms with Gasteiger partial charge in [-0.05, 0) is 12.3 Å². The van der Waals surface area contributed by atoms with Crippen molar-refractivity contribution in [3.63, 3.8) is 0 Å². The minimum Gasteiger partial charge on any atom is -0.368 e. The molecule has 3 N–H and O–H groups in total. The van der Waals surface area contributed by atoms with Crippen LogP contribution < -0.4 is 11.4 Å². The van der Waals surface area contributed by atoms with Gasteiger partial charge in [0.1, 0.15) is 5.82 Å². The van der Waals surface area contributed by atoms with Crippen molar-refractivity contribution >= 4 is 17.7 Å². The lowest BCUT2D eigenvalue weighted by atomic mass is 10.2. The number of hydrogen-bond acceptors (Lipinski definition) is 5. The molecule has 0 aliphatic carbocycles. The summed E-state index contributed by atoms with van der Waals surface area (Å²) in [5.74, 6) is 0.428. The van der Waals surface area contributed by atoms with Crippen LogP contribution in [-0.4, -0.2) is 21.2 Å². The molecule has 1 heterocycles. The zero-order chi connectivity index (χ0) is 11.5. The van der Waals surface area contributed by atoms with Crippen LogP contribution >= 0.6 is 11.8 Å². The Morgan fingerprint density at radius 1 is 1.31 bits per heavy atom. The van der Waals surface area contributed by atoms with Crippen molar-refractivity contribution in [3.8, 4) is 11.4 Å². The highest BCUT2D eigenvalue weighted by Crippen LogP contribution is 2.26. The summed E-state index contributed by atoms with van der Waals surface area (Å²) in [5.41, 5.74) is 5.80. The molecule has 0 bridgehead atoms. The monoisotopic (exact) mass is 234 g/mol. The van der Waals surface area contributed by atoms with E-state index >= 15 is 0 Å². The third-order valence-corrected chi connectivity index (χ3v) is 2.83. The summed E-state index contributed by atoms with van der Waals surface area (Å²) in [6.45, 7) is 0. The lowest BCUT2D eigenvalue weighted by Crippen LogP contribution is -2.15. The first-order valence-electron chi connectivity index (χ1n) is 4.58. The SMILES string of the molecule is CSc1ccccc1-c1nc(N)nc(=O)[nH]1. The predicted octanol–water partition coefficient (Wildman–Crippen LogP) is 1.14. The van der Waals surface area contributed by atoms with Gasteiger partial charge in [0.15, 0.2) is 0 Å². The molecule has 1 aromatic heterocycles. The highest BCUT2D eigenvalue weighted by molar-refractivity contribution is 7.98. The lowest BCUT2D eigenvalue weighted by molar-refractivity contribution is 1.00. The number of benzene rings is 1. The van der Waals surface area contributed by atoms with E-state index in [0.29, 0.717) is 5.82 Å². The summed E-state index contributed by atoms with van der Waals surface area (Å²) in [5, 5.41) is 0. The molecule has 0 spiro atoms. The smallest absolute Gasteiger partial charge is 0.349 e. The molecule has 0 saturated carbocycles. The van der Waals surface area contributed by atoms with E-state index in [-0.39, 0.29) is 5.95 Å². The molecular formula is C10H10N4OS. The molecule has 2 aromatic rings. The van der Waals surface area contributed by atoms with Crippen molar-refractivity contribution in [2.75, 3.05) is 12.0 Å². The maximum Gasteiger partial charge on any atom is 0.349 e. The summed E-state index contributed by atoms with van der Waals surface area (Å²) in [7, 11) is 0. The maximum atomic E-state index is 11.2. The zero-order valence-corrected chi connectivity index (χ0v) is 9.41. The summed E-state index contributed by atoms with van der Waals surface area (Å²) in [6, 6.07) is 7.64. The Morgan fingerprint density at radius 2 is 2.06 bits per heavy atom. The molecule has 0 radical (unpaired) electrons. The van der Waals surface area contributed by atoms with Crippen molar-refractivity contribution < 1.29 is 0 Å². The van der Waals surface area contributed by atoms with Crippen LogP contribution in [0.5, 0.6) is 0 Å². The second-order valence-electron chi connectivity index (χ2n) is 3.06. The van der Waals surface area contributed by atoms with Crippen LogP contribution in [0.2, 0.25) is 0 Å². The van der Waals surface area contributed by atoms with E-state index in [1.165, 1.54) is 0 Å². The van der Waals surface area contributed by atoms with Gasteiger partial charge in [0.05, 0.1) is 0 Å². The van der Waals surface area contributed by atoms with Gasteiger partial charge in [0, 0.05) is 10.5 Å². The molecule has 0 saturated heterocycles. The summed E-state index contributed by atoms with van der Waals surface area (Å²) in [4.78, 5) is 22.3. The van der Waals surface area contributed by atoms with Gasteiger partial charge in [-0.2, -0.15) is 9.97 Å². The van der Waals surface area contributed by atoms with Crippen molar-refractivity contribution in [3.05, 3.63) is 34.7 Å². The molecule has 0 aliphatic heterocycles. The van der Waals surface area contributed by atoms with Gasteiger partial charge in [0.2, 0.25) is 5.95 Å². The maximum absolute atomic E-state index is 11.2. The Kier molecular flexibility index (Phi) is 2.91. The molecular weight excluding hydrogens is 224 g/mol. The van der Waals surface area contributed by atoms with Crippen LogP contribution in [0.1, 0.15) is 0 Å². The van der Waals surface area contributed by atoms with Crippen LogP contribution in [0.15, 0.2) is 34.0 Å². The van der Waals surface area contributed by atoms with Crippen LogP contribution in [0.4, 0.5) is 5.95 Å². The largest absolute Gasteiger partial charge is 0.368 e. The van der Waals surface area contributed by atoms with Crippen LogP contribution in [-0.2, 0) is 0 Å². The predicted molar refractivity (Wildman–Crippen MR) is 64.3 cm³/mol. The van der Waals surface area contributed by atoms with E-state index < -0.39 is 5.69 Å². The molecule has 1 aromatic carbocycles. The molecule has 16 heavy (non-hydrogen) atoms. The first kappa shape index (κ1) is 10.7. The number of thioether (sulfide) groups is 1. The lowest BCUT2D eigenvalue weighted by Gasteiger charge is -2.05. The minimum absolute atomic E-state index is 0.0188. The van der Waals surface area contributed by atoms with Crippen molar-refractivity contribution in [1.82, 2.24) is 15.0 Å². The highest BCUT2D eigenvalue weighted by atomic mass is 32.2. The van der Waals surface area contributed by atoms with Crippen LogP contribution in [0.3, 0.4) is 0 Å². The van der Waals surface area contributed by atoms with E-state index in [2.05, 4.69) is 15.0 Å². The summed E-state index contributed by atoms with van der Waals surface area (Å²) >= 11 is 1.58. The number of aromatic nitrogens is 3. The fraction of sp³-hybridized carbons (Fsp3) is 0.100. The average molecular weight is 234 g/mol. The van der Waals surface area contributed by atoms with Crippen LogP contribution in [0.25, 0.3) is 11.4 Å². The first-order chi connectivity index (χ1) is 7.70.